The lowest BCUT2D eigenvalue weighted by Gasteiger charge is -2.40. The second-order valence-electron chi connectivity index (χ2n) is 6.45. The van der Waals surface area contributed by atoms with Gasteiger partial charge in [-0.3, -0.25) is 0 Å². The molecule has 0 spiro atoms. The Bertz CT molecular complexity index is 421. The molecule has 1 aromatic rings. The highest BCUT2D eigenvalue weighted by atomic mass is 15.2. The Kier molecular flexibility index (Phi) is 3.79. The summed E-state index contributed by atoms with van der Waals surface area (Å²) in [5.41, 5.74) is 3.32. The molecule has 2 aliphatic heterocycles. The second-order valence-corrected chi connectivity index (χ2v) is 6.45. The minimum absolute atomic E-state index is 0.301. The lowest BCUT2D eigenvalue weighted by molar-refractivity contribution is 0.280. The second kappa shape index (κ2) is 5.54. The highest BCUT2D eigenvalue weighted by molar-refractivity contribution is 5.54. The van der Waals surface area contributed by atoms with Crippen LogP contribution in [0.15, 0.2) is 24.3 Å². The zero-order valence-electron chi connectivity index (χ0n) is 12.1. The average molecular weight is 258 g/mol. The lowest BCUT2D eigenvalue weighted by atomic mass is 9.90. The van der Waals surface area contributed by atoms with Crippen molar-refractivity contribution >= 4 is 5.69 Å². The maximum absolute atomic E-state index is 3.75. The zero-order valence-corrected chi connectivity index (χ0v) is 12.1. The molecule has 1 aromatic carbocycles. The van der Waals surface area contributed by atoms with E-state index in [1.165, 1.54) is 57.3 Å². The summed E-state index contributed by atoms with van der Waals surface area (Å²) in [7, 11) is 0. The summed E-state index contributed by atoms with van der Waals surface area (Å²) in [6, 6.07) is 8.99. The Balaban J connectivity index is 1.80. The largest absolute Gasteiger partial charge is 0.369 e. The SMILES string of the molecule is CC1(CN2CCCCc3ccccc32)CCCCN1. The Morgan fingerprint density at radius 1 is 1.16 bits per heavy atom. The first-order chi connectivity index (χ1) is 9.27. The Labute approximate surface area is 117 Å². The van der Waals surface area contributed by atoms with Crippen molar-refractivity contribution in [3.8, 4) is 0 Å². The third kappa shape index (κ3) is 2.94. The van der Waals surface area contributed by atoms with Crippen LogP contribution in [0, 0.1) is 0 Å². The summed E-state index contributed by atoms with van der Waals surface area (Å²) in [5.74, 6) is 0. The minimum atomic E-state index is 0.301. The van der Waals surface area contributed by atoms with Gasteiger partial charge in [0, 0.05) is 24.3 Å². The number of fused-ring (bicyclic) bond motifs is 1. The van der Waals surface area contributed by atoms with Crippen molar-refractivity contribution in [2.45, 2.75) is 51.0 Å². The molecule has 19 heavy (non-hydrogen) atoms. The molecule has 0 aliphatic carbocycles. The molecule has 2 nitrogen and oxygen atoms in total. The average Bonchev–Trinajstić information content (AvgIpc) is 2.62. The van der Waals surface area contributed by atoms with Gasteiger partial charge in [-0.25, -0.2) is 0 Å². The number of hydrogen-bond donors (Lipinski definition) is 1. The van der Waals surface area contributed by atoms with E-state index in [2.05, 4.69) is 41.4 Å². The molecule has 1 unspecified atom stereocenters. The summed E-state index contributed by atoms with van der Waals surface area (Å²) < 4.78 is 0. The van der Waals surface area contributed by atoms with Gasteiger partial charge < -0.3 is 10.2 Å². The van der Waals surface area contributed by atoms with Crippen LogP contribution in [0.5, 0.6) is 0 Å². The van der Waals surface area contributed by atoms with Crippen LogP contribution in [0.25, 0.3) is 0 Å². The molecule has 1 saturated heterocycles. The summed E-state index contributed by atoms with van der Waals surface area (Å²) in [6.07, 6.45) is 7.93. The molecule has 0 amide bonds. The van der Waals surface area contributed by atoms with Gasteiger partial charge in [0.05, 0.1) is 0 Å². The number of hydrogen-bond acceptors (Lipinski definition) is 2. The van der Waals surface area contributed by atoms with E-state index in [0.717, 1.165) is 6.54 Å². The van der Waals surface area contributed by atoms with Crippen LogP contribution in [0.2, 0.25) is 0 Å². The zero-order chi connectivity index (χ0) is 13.1. The van der Waals surface area contributed by atoms with Crippen LogP contribution in [0.3, 0.4) is 0 Å². The molecule has 0 radical (unpaired) electrons. The highest BCUT2D eigenvalue weighted by Gasteiger charge is 2.29. The van der Waals surface area contributed by atoms with Gasteiger partial charge >= 0.3 is 0 Å². The molecule has 0 bridgehead atoms. The van der Waals surface area contributed by atoms with Gasteiger partial charge in [-0.05, 0) is 57.2 Å². The van der Waals surface area contributed by atoms with Crippen molar-refractivity contribution in [2.24, 2.45) is 0 Å². The van der Waals surface area contributed by atoms with E-state index in [4.69, 9.17) is 0 Å². The molecule has 1 N–H and O–H groups in total. The fraction of sp³-hybridized carbons (Fsp3) is 0.647. The van der Waals surface area contributed by atoms with Crippen LogP contribution in [0.1, 0.15) is 44.6 Å². The number of para-hydroxylation sites is 1. The predicted octanol–water partition coefficient (Wildman–Crippen LogP) is 3.36. The minimum Gasteiger partial charge on any atom is -0.369 e. The van der Waals surface area contributed by atoms with Crippen LogP contribution < -0.4 is 10.2 Å². The molecular weight excluding hydrogens is 232 g/mol. The van der Waals surface area contributed by atoms with Crippen molar-refractivity contribution in [3.05, 3.63) is 29.8 Å². The van der Waals surface area contributed by atoms with Gasteiger partial charge in [-0.1, -0.05) is 24.6 Å². The fourth-order valence-electron chi connectivity index (χ4n) is 3.61. The van der Waals surface area contributed by atoms with Gasteiger partial charge in [0.2, 0.25) is 0 Å². The third-order valence-electron chi connectivity index (χ3n) is 4.70. The molecule has 0 saturated carbocycles. The number of piperidine rings is 1. The van der Waals surface area contributed by atoms with E-state index < -0.39 is 0 Å². The summed E-state index contributed by atoms with van der Waals surface area (Å²) in [6.45, 7) is 5.96. The molecule has 2 heteroatoms. The summed E-state index contributed by atoms with van der Waals surface area (Å²) >= 11 is 0. The van der Waals surface area contributed by atoms with Crippen molar-refractivity contribution in [3.63, 3.8) is 0 Å². The maximum atomic E-state index is 3.75. The van der Waals surface area contributed by atoms with Gasteiger partial charge in [0.25, 0.3) is 0 Å². The monoisotopic (exact) mass is 258 g/mol. The molecule has 2 aliphatic rings. The normalized spacial score (nSPS) is 27.7. The molecule has 2 heterocycles. The van der Waals surface area contributed by atoms with Crippen LogP contribution in [0.4, 0.5) is 5.69 Å². The predicted molar refractivity (Wildman–Crippen MR) is 81.9 cm³/mol. The smallest absolute Gasteiger partial charge is 0.0399 e. The summed E-state index contributed by atoms with van der Waals surface area (Å²) in [4.78, 5) is 2.63. The van der Waals surface area contributed by atoms with Crippen molar-refractivity contribution in [2.75, 3.05) is 24.5 Å². The van der Waals surface area contributed by atoms with E-state index in [9.17, 15) is 0 Å². The Morgan fingerprint density at radius 2 is 2.05 bits per heavy atom. The third-order valence-corrected chi connectivity index (χ3v) is 4.70. The number of nitrogens with one attached hydrogen (secondary N) is 1. The number of aryl methyl sites for hydroxylation is 1. The van der Waals surface area contributed by atoms with Gasteiger partial charge in [-0.2, -0.15) is 0 Å². The molecule has 104 valence electrons. The van der Waals surface area contributed by atoms with Crippen LogP contribution >= 0.6 is 0 Å². The van der Waals surface area contributed by atoms with E-state index in [-0.39, 0.29) is 0 Å². The topological polar surface area (TPSA) is 15.3 Å². The highest BCUT2D eigenvalue weighted by Crippen LogP contribution is 2.29. The van der Waals surface area contributed by atoms with Crippen LogP contribution in [-0.2, 0) is 6.42 Å². The fourth-order valence-corrected chi connectivity index (χ4v) is 3.61. The Hall–Kier alpha value is -1.02. The van der Waals surface area contributed by atoms with E-state index in [1.54, 1.807) is 5.56 Å². The number of nitrogens with zero attached hydrogens (tertiary/aromatic N) is 1. The van der Waals surface area contributed by atoms with Gasteiger partial charge in [0.1, 0.15) is 0 Å². The molecule has 1 fully saturated rings. The van der Waals surface area contributed by atoms with Crippen LogP contribution in [-0.4, -0.2) is 25.2 Å². The Morgan fingerprint density at radius 3 is 2.89 bits per heavy atom. The van der Waals surface area contributed by atoms with E-state index >= 15 is 0 Å². The van der Waals surface area contributed by atoms with Crippen molar-refractivity contribution in [1.82, 2.24) is 5.32 Å². The molecule has 3 rings (SSSR count). The first-order valence-electron chi connectivity index (χ1n) is 7.85. The number of anilines is 1. The summed E-state index contributed by atoms with van der Waals surface area (Å²) in [5, 5.41) is 3.75. The van der Waals surface area contributed by atoms with Crippen molar-refractivity contribution < 1.29 is 0 Å². The van der Waals surface area contributed by atoms with E-state index in [0.29, 0.717) is 5.54 Å². The van der Waals surface area contributed by atoms with E-state index in [1.807, 2.05) is 0 Å². The lowest BCUT2D eigenvalue weighted by Crippen LogP contribution is -2.54. The maximum Gasteiger partial charge on any atom is 0.0399 e. The first kappa shape index (κ1) is 13.0. The van der Waals surface area contributed by atoms with Crippen molar-refractivity contribution in [1.29, 1.82) is 0 Å². The van der Waals surface area contributed by atoms with Gasteiger partial charge in [-0.15, -0.1) is 0 Å². The molecular formula is C17H26N2. The standard InChI is InChI=1S/C17H26N2/c1-17(11-5-6-12-18-17)14-19-13-7-4-9-15-8-2-3-10-16(15)19/h2-3,8,10,18H,4-7,9,11-14H2,1H3. The molecule has 1 atom stereocenters. The first-order valence-corrected chi connectivity index (χ1v) is 7.85. The number of rotatable bonds is 2. The molecule has 0 aromatic heterocycles. The number of benzene rings is 1. The van der Waals surface area contributed by atoms with Gasteiger partial charge in [0.15, 0.2) is 0 Å². The quantitative estimate of drug-likeness (QED) is 0.875.